The van der Waals surface area contributed by atoms with Gasteiger partial charge in [0.05, 0.1) is 6.61 Å². The minimum absolute atomic E-state index is 0.368. The van der Waals surface area contributed by atoms with E-state index in [1.165, 1.54) is 6.08 Å². The van der Waals surface area contributed by atoms with E-state index in [0.29, 0.717) is 12.0 Å². The van der Waals surface area contributed by atoms with Crippen LogP contribution >= 0.6 is 0 Å². The molecule has 7 heteroatoms. The van der Waals surface area contributed by atoms with Crippen LogP contribution in [0.1, 0.15) is 5.56 Å². The minimum atomic E-state index is -1.48. The number of ether oxygens (including phenoxy) is 2. The first-order valence-electron chi connectivity index (χ1n) is 6.76. The van der Waals surface area contributed by atoms with E-state index >= 15 is 0 Å². The molecule has 0 aromatic heterocycles. The molecule has 1 saturated heterocycles. The lowest BCUT2D eigenvalue weighted by Crippen LogP contribution is -2.60. The molecule has 22 heavy (non-hydrogen) atoms. The second kappa shape index (κ2) is 7.48. The molecule has 1 aliphatic rings. The van der Waals surface area contributed by atoms with E-state index in [2.05, 4.69) is 0 Å². The van der Waals surface area contributed by atoms with Crippen molar-refractivity contribution < 1.29 is 34.7 Å². The average molecular weight is 310 g/mol. The van der Waals surface area contributed by atoms with Crippen LogP contribution in [0.3, 0.4) is 0 Å². The lowest BCUT2D eigenvalue weighted by Gasteiger charge is -2.39. The topological polar surface area (TPSA) is 116 Å². The summed E-state index contributed by atoms with van der Waals surface area (Å²) in [7, 11) is 0. The van der Waals surface area contributed by atoms with Crippen LogP contribution in [0.25, 0.3) is 6.08 Å². The number of aldehydes is 1. The standard InChI is InChI=1S/C15H18O7/c16-7-1-2-9-3-5-10(6-4-9)21-15-14(20)13(19)12(18)11(8-17)22-15/h1-7,11-15,17-20H,8H2/t11-,12-,13+,14-,15?/m0/s1. The summed E-state index contributed by atoms with van der Waals surface area (Å²) in [5.41, 5.74) is 0.785. The maximum absolute atomic E-state index is 10.2. The zero-order chi connectivity index (χ0) is 16.1. The summed E-state index contributed by atoms with van der Waals surface area (Å²) >= 11 is 0. The first kappa shape index (κ1) is 16.6. The molecule has 5 atom stereocenters. The molecule has 0 radical (unpaired) electrons. The van der Waals surface area contributed by atoms with Gasteiger partial charge in [0.25, 0.3) is 0 Å². The average Bonchev–Trinajstić information content (AvgIpc) is 2.54. The second-order valence-electron chi connectivity index (χ2n) is 4.88. The fourth-order valence-corrected chi connectivity index (χ4v) is 2.11. The molecule has 4 N–H and O–H groups in total. The SMILES string of the molecule is O=CC=Cc1ccc(OC2O[C@@H](CO)[C@H](O)[C@@H](O)[C@@H]2O)cc1. The highest BCUT2D eigenvalue weighted by molar-refractivity contribution is 5.73. The van der Waals surface area contributed by atoms with E-state index in [1.807, 2.05) is 0 Å². The molecule has 0 amide bonds. The van der Waals surface area contributed by atoms with Crippen molar-refractivity contribution in [1.82, 2.24) is 0 Å². The molecule has 0 bridgehead atoms. The molecular formula is C15H18O7. The maximum Gasteiger partial charge on any atom is 0.229 e. The largest absolute Gasteiger partial charge is 0.462 e. The van der Waals surface area contributed by atoms with Gasteiger partial charge >= 0.3 is 0 Å². The molecule has 0 spiro atoms. The van der Waals surface area contributed by atoms with E-state index in [0.717, 1.165) is 5.56 Å². The second-order valence-corrected chi connectivity index (χ2v) is 4.88. The molecule has 1 heterocycles. The van der Waals surface area contributed by atoms with Crippen molar-refractivity contribution in [3.8, 4) is 5.75 Å². The third-order valence-electron chi connectivity index (χ3n) is 3.35. The van der Waals surface area contributed by atoms with Crippen LogP contribution in [-0.4, -0.2) is 64.0 Å². The van der Waals surface area contributed by atoms with Crippen molar-refractivity contribution in [2.75, 3.05) is 6.61 Å². The van der Waals surface area contributed by atoms with Gasteiger partial charge in [0.15, 0.2) is 0 Å². The van der Waals surface area contributed by atoms with E-state index < -0.39 is 37.3 Å². The third kappa shape index (κ3) is 3.70. The van der Waals surface area contributed by atoms with E-state index in [4.69, 9.17) is 14.6 Å². The lowest BCUT2D eigenvalue weighted by atomic mass is 9.99. The number of aliphatic hydroxyl groups excluding tert-OH is 4. The first-order chi connectivity index (χ1) is 10.6. The minimum Gasteiger partial charge on any atom is -0.462 e. The molecule has 0 saturated carbocycles. The zero-order valence-electron chi connectivity index (χ0n) is 11.6. The number of benzene rings is 1. The van der Waals surface area contributed by atoms with Gasteiger partial charge in [-0.2, -0.15) is 0 Å². The van der Waals surface area contributed by atoms with Crippen molar-refractivity contribution in [3.05, 3.63) is 35.9 Å². The Morgan fingerprint density at radius 2 is 1.77 bits per heavy atom. The summed E-state index contributed by atoms with van der Waals surface area (Å²) in [5, 5.41) is 38.3. The van der Waals surface area contributed by atoms with Crippen LogP contribution in [0.4, 0.5) is 0 Å². The molecule has 1 unspecified atom stereocenters. The van der Waals surface area contributed by atoms with Crippen LogP contribution in [0, 0.1) is 0 Å². The van der Waals surface area contributed by atoms with Crippen LogP contribution < -0.4 is 4.74 Å². The number of hydrogen-bond donors (Lipinski definition) is 4. The van der Waals surface area contributed by atoms with Gasteiger partial charge in [-0.15, -0.1) is 0 Å². The molecule has 1 aliphatic heterocycles. The van der Waals surface area contributed by atoms with Crippen molar-refractivity contribution in [3.63, 3.8) is 0 Å². The highest BCUT2D eigenvalue weighted by atomic mass is 16.7. The Kier molecular flexibility index (Phi) is 5.64. The van der Waals surface area contributed by atoms with E-state index in [1.54, 1.807) is 30.3 Å². The number of allylic oxidation sites excluding steroid dienone is 1. The predicted octanol–water partition coefficient (Wildman–Crippen LogP) is -0.923. The van der Waals surface area contributed by atoms with Gasteiger partial charge in [-0.05, 0) is 23.8 Å². The van der Waals surface area contributed by atoms with Gasteiger partial charge in [0, 0.05) is 0 Å². The highest BCUT2D eigenvalue weighted by Crippen LogP contribution is 2.24. The van der Waals surface area contributed by atoms with Crippen LogP contribution in [0.15, 0.2) is 30.3 Å². The Hall–Kier alpha value is -1.77. The number of carbonyl (C=O) groups excluding carboxylic acids is 1. The maximum atomic E-state index is 10.2. The third-order valence-corrected chi connectivity index (χ3v) is 3.35. The van der Waals surface area contributed by atoms with E-state index in [-0.39, 0.29) is 0 Å². The number of aliphatic hydroxyl groups is 4. The van der Waals surface area contributed by atoms with Crippen molar-refractivity contribution in [2.45, 2.75) is 30.7 Å². The molecule has 1 aromatic carbocycles. The zero-order valence-corrected chi connectivity index (χ0v) is 11.6. The Balaban J connectivity index is 2.05. The summed E-state index contributed by atoms with van der Waals surface area (Å²) < 4.78 is 10.7. The monoisotopic (exact) mass is 310 g/mol. The fraction of sp³-hybridized carbons (Fsp3) is 0.400. The molecule has 1 fully saturated rings. The molecule has 2 rings (SSSR count). The normalized spacial score (nSPS) is 32.1. The molecule has 0 aliphatic carbocycles. The highest BCUT2D eigenvalue weighted by Gasteiger charge is 2.44. The quantitative estimate of drug-likeness (QED) is 0.410. The summed E-state index contributed by atoms with van der Waals surface area (Å²) in [6, 6.07) is 6.59. The molecular weight excluding hydrogens is 292 g/mol. The van der Waals surface area contributed by atoms with Crippen molar-refractivity contribution in [1.29, 1.82) is 0 Å². The summed E-state index contributed by atoms with van der Waals surface area (Å²) in [6.45, 7) is -0.514. The molecule has 7 nitrogen and oxygen atoms in total. The van der Waals surface area contributed by atoms with Gasteiger partial charge in [0.2, 0.25) is 6.29 Å². The Morgan fingerprint density at radius 1 is 1.09 bits per heavy atom. The smallest absolute Gasteiger partial charge is 0.229 e. The lowest BCUT2D eigenvalue weighted by molar-refractivity contribution is -0.277. The predicted molar refractivity (Wildman–Crippen MR) is 75.9 cm³/mol. The van der Waals surface area contributed by atoms with E-state index in [9.17, 15) is 20.1 Å². The summed E-state index contributed by atoms with van der Waals surface area (Å²) in [4.78, 5) is 10.2. The Bertz CT molecular complexity index is 511. The van der Waals surface area contributed by atoms with Gasteiger partial charge < -0.3 is 29.9 Å². The van der Waals surface area contributed by atoms with Crippen molar-refractivity contribution >= 4 is 12.4 Å². The van der Waals surface area contributed by atoms with Gasteiger partial charge in [-0.3, -0.25) is 4.79 Å². The van der Waals surface area contributed by atoms with Gasteiger partial charge in [0.1, 0.15) is 36.5 Å². The number of hydrogen-bond acceptors (Lipinski definition) is 7. The van der Waals surface area contributed by atoms with Crippen LogP contribution in [-0.2, 0) is 9.53 Å². The summed E-state index contributed by atoms with van der Waals surface area (Å²) in [6.07, 6.45) is -2.95. The summed E-state index contributed by atoms with van der Waals surface area (Å²) in [5.74, 6) is 0.368. The Morgan fingerprint density at radius 3 is 2.36 bits per heavy atom. The van der Waals surface area contributed by atoms with Gasteiger partial charge in [-0.25, -0.2) is 0 Å². The van der Waals surface area contributed by atoms with Crippen LogP contribution in [0.2, 0.25) is 0 Å². The fourth-order valence-electron chi connectivity index (χ4n) is 2.11. The molecule has 1 aromatic rings. The van der Waals surface area contributed by atoms with Crippen LogP contribution in [0.5, 0.6) is 5.75 Å². The van der Waals surface area contributed by atoms with Crippen molar-refractivity contribution in [2.24, 2.45) is 0 Å². The number of carbonyl (C=O) groups is 1. The number of rotatable bonds is 5. The Labute approximate surface area is 127 Å². The van der Waals surface area contributed by atoms with Gasteiger partial charge in [-0.1, -0.05) is 18.2 Å². The first-order valence-corrected chi connectivity index (χ1v) is 6.76. The molecule has 120 valence electrons.